The Labute approximate surface area is 62.5 Å². The molecule has 3 heteroatoms. The minimum atomic E-state index is 1.24. The van der Waals surface area contributed by atoms with Crippen LogP contribution in [-0.2, 0) is 0 Å². The highest BCUT2D eigenvalue weighted by molar-refractivity contribution is 9.10. The molecule has 1 heterocycles. The third kappa shape index (κ3) is 1.15. The van der Waals surface area contributed by atoms with Crippen LogP contribution in [0.5, 0.6) is 0 Å². The molecule has 42 valence electrons. The van der Waals surface area contributed by atoms with E-state index in [1.807, 2.05) is 11.3 Å². The molecule has 0 aliphatic carbocycles. The predicted molar refractivity (Wildman–Crippen MR) is 44.9 cm³/mol. The highest BCUT2D eigenvalue weighted by Crippen LogP contribution is 2.18. The van der Waals surface area contributed by atoms with Crippen molar-refractivity contribution in [2.75, 3.05) is 0 Å². The van der Waals surface area contributed by atoms with Crippen LogP contribution in [0, 0.1) is 6.92 Å². The second-order valence-corrected chi connectivity index (χ2v) is 4.08. The fourth-order valence-electron chi connectivity index (χ4n) is 0.600. The molecule has 0 bridgehead atoms. The molecule has 0 saturated carbocycles. The first kappa shape index (κ1) is 6.37. The molecule has 0 saturated heterocycles. The van der Waals surface area contributed by atoms with E-state index in [1.165, 1.54) is 14.1 Å². The first-order chi connectivity index (χ1) is 3.70. The van der Waals surface area contributed by atoms with E-state index in [9.17, 15) is 0 Å². The van der Waals surface area contributed by atoms with Crippen molar-refractivity contribution < 1.29 is 0 Å². The molecule has 0 aromatic carbocycles. The molecule has 1 aromatic heterocycles. The number of halogens is 1. The molecule has 0 unspecified atom stereocenters. The van der Waals surface area contributed by atoms with E-state index >= 15 is 0 Å². The normalized spacial score (nSPS) is 9.75. The van der Waals surface area contributed by atoms with Gasteiger partial charge in [-0.1, -0.05) is 0 Å². The number of rotatable bonds is 0. The van der Waals surface area contributed by atoms with Crippen LogP contribution in [0.4, 0.5) is 0 Å². The van der Waals surface area contributed by atoms with Crippen molar-refractivity contribution in [3.63, 3.8) is 0 Å². The van der Waals surface area contributed by atoms with Gasteiger partial charge in [-0.15, -0.1) is 0 Å². The predicted octanol–water partition coefficient (Wildman–Crippen LogP) is 1.08. The topological polar surface area (TPSA) is 0 Å². The molecule has 0 radical (unpaired) electrons. The Hall–Kier alpha value is 0.245. The van der Waals surface area contributed by atoms with E-state index in [4.69, 9.17) is 0 Å². The van der Waals surface area contributed by atoms with Crippen LogP contribution in [0.2, 0.25) is 0 Å². The molecule has 1 aromatic rings. The standard InChI is InChI=1S/C5H6BBrS/c1-3-4(7)2-5(6)8-3/h2H,6H2,1H3. The third-order valence-corrected chi connectivity index (χ3v) is 3.03. The molecule has 0 aliphatic rings. The number of aryl methyl sites for hydroxylation is 1. The highest BCUT2D eigenvalue weighted by atomic mass is 79.9. The lowest BCUT2D eigenvalue weighted by atomic mass is 10.1. The number of hydrogen-bond acceptors (Lipinski definition) is 1. The van der Waals surface area contributed by atoms with Gasteiger partial charge in [-0.05, 0) is 33.7 Å². The lowest BCUT2D eigenvalue weighted by Gasteiger charge is -1.77. The second kappa shape index (κ2) is 2.23. The summed E-state index contributed by atoms with van der Waals surface area (Å²) in [5, 5.41) is 0. The van der Waals surface area contributed by atoms with Crippen LogP contribution >= 0.6 is 27.3 Å². The summed E-state index contributed by atoms with van der Waals surface area (Å²) in [5.41, 5.74) is 0. The molecule has 0 spiro atoms. The van der Waals surface area contributed by atoms with Crippen LogP contribution in [0.3, 0.4) is 0 Å². The monoisotopic (exact) mass is 188 g/mol. The Morgan fingerprint density at radius 1 is 1.75 bits per heavy atom. The maximum absolute atomic E-state index is 3.43. The van der Waals surface area contributed by atoms with E-state index in [1.54, 1.807) is 0 Å². The fourth-order valence-corrected chi connectivity index (χ4v) is 2.15. The largest absolute Gasteiger partial charge is 0.155 e. The zero-order chi connectivity index (χ0) is 6.15. The minimum Gasteiger partial charge on any atom is -0.155 e. The van der Waals surface area contributed by atoms with Crippen LogP contribution in [-0.4, -0.2) is 7.85 Å². The van der Waals surface area contributed by atoms with Gasteiger partial charge in [0.2, 0.25) is 0 Å². The zero-order valence-electron chi connectivity index (χ0n) is 4.86. The van der Waals surface area contributed by atoms with Gasteiger partial charge in [0.25, 0.3) is 0 Å². The smallest absolute Gasteiger partial charge is 0.152 e. The molecular formula is C5H6BBrS. The summed E-state index contributed by atoms with van der Waals surface area (Å²) in [7, 11) is 2.11. The van der Waals surface area contributed by atoms with Gasteiger partial charge in [0.15, 0.2) is 7.85 Å². The van der Waals surface area contributed by atoms with Crippen LogP contribution < -0.4 is 4.78 Å². The second-order valence-electron chi connectivity index (χ2n) is 1.76. The van der Waals surface area contributed by atoms with E-state index < -0.39 is 0 Å². The van der Waals surface area contributed by atoms with Crippen molar-refractivity contribution in [3.8, 4) is 0 Å². The molecule has 0 atom stereocenters. The Bertz CT molecular complexity index is 175. The molecule has 8 heavy (non-hydrogen) atoms. The SMILES string of the molecule is Bc1cc(Br)c(C)s1. The number of hydrogen-bond donors (Lipinski definition) is 0. The van der Waals surface area contributed by atoms with Gasteiger partial charge in [0.05, 0.1) is 0 Å². The van der Waals surface area contributed by atoms with Crippen molar-refractivity contribution in [1.29, 1.82) is 0 Å². The highest BCUT2D eigenvalue weighted by Gasteiger charge is 1.95. The van der Waals surface area contributed by atoms with Crippen molar-refractivity contribution in [2.45, 2.75) is 6.92 Å². The molecule has 1 rings (SSSR count). The first-order valence-corrected chi connectivity index (χ1v) is 4.03. The van der Waals surface area contributed by atoms with Crippen molar-refractivity contribution in [3.05, 3.63) is 15.4 Å². The molecular weight excluding hydrogens is 183 g/mol. The van der Waals surface area contributed by atoms with Gasteiger partial charge in [-0.3, -0.25) is 0 Å². The fraction of sp³-hybridized carbons (Fsp3) is 0.200. The summed E-state index contributed by atoms with van der Waals surface area (Å²) >= 11 is 5.25. The van der Waals surface area contributed by atoms with Gasteiger partial charge in [0, 0.05) is 9.35 Å². The molecule has 0 amide bonds. The van der Waals surface area contributed by atoms with Crippen molar-refractivity contribution in [2.24, 2.45) is 0 Å². The molecule has 0 fully saturated rings. The lowest BCUT2D eigenvalue weighted by molar-refractivity contribution is 1.59. The Morgan fingerprint density at radius 2 is 2.38 bits per heavy atom. The van der Waals surface area contributed by atoms with E-state index in [-0.39, 0.29) is 0 Å². The van der Waals surface area contributed by atoms with Gasteiger partial charge in [-0.25, -0.2) is 0 Å². The molecule has 0 N–H and O–H groups in total. The summed E-state index contributed by atoms with van der Waals surface area (Å²) in [6.45, 7) is 2.11. The average molecular weight is 189 g/mol. The molecule has 0 nitrogen and oxygen atoms in total. The van der Waals surface area contributed by atoms with Crippen LogP contribution in [0.15, 0.2) is 10.5 Å². The van der Waals surface area contributed by atoms with Gasteiger partial charge < -0.3 is 0 Å². The van der Waals surface area contributed by atoms with E-state index in [0.717, 1.165) is 0 Å². The van der Waals surface area contributed by atoms with E-state index in [0.29, 0.717) is 0 Å². The van der Waals surface area contributed by atoms with Crippen molar-refractivity contribution >= 4 is 39.9 Å². The summed E-state index contributed by atoms with van der Waals surface area (Å²) in [6.07, 6.45) is 0. The van der Waals surface area contributed by atoms with Crippen LogP contribution in [0.25, 0.3) is 0 Å². The quantitative estimate of drug-likeness (QED) is 0.535. The minimum absolute atomic E-state index is 1.24. The Morgan fingerprint density at radius 3 is 2.50 bits per heavy atom. The summed E-state index contributed by atoms with van der Waals surface area (Å²) in [5.74, 6) is 0. The van der Waals surface area contributed by atoms with E-state index in [2.05, 4.69) is 36.8 Å². The van der Waals surface area contributed by atoms with Gasteiger partial charge >= 0.3 is 0 Å². The third-order valence-electron chi connectivity index (χ3n) is 0.980. The van der Waals surface area contributed by atoms with Gasteiger partial charge in [0.1, 0.15) is 0 Å². The maximum atomic E-state index is 3.43. The average Bonchev–Trinajstić information content (AvgIpc) is 1.85. The van der Waals surface area contributed by atoms with Gasteiger partial charge in [-0.2, -0.15) is 11.3 Å². The van der Waals surface area contributed by atoms with Crippen molar-refractivity contribution in [1.82, 2.24) is 0 Å². The van der Waals surface area contributed by atoms with Crippen LogP contribution in [0.1, 0.15) is 4.88 Å². The molecule has 0 aliphatic heterocycles. The first-order valence-electron chi connectivity index (χ1n) is 2.42. The maximum Gasteiger partial charge on any atom is 0.152 e. The number of thiophene rings is 1. The zero-order valence-corrected chi connectivity index (χ0v) is 7.27. The Balaban J connectivity index is 3.14. The Kier molecular flexibility index (Phi) is 1.78. The summed E-state index contributed by atoms with van der Waals surface area (Å²) in [4.78, 5) is 1.36. The summed E-state index contributed by atoms with van der Waals surface area (Å²) in [6, 6.07) is 2.14. The summed E-state index contributed by atoms with van der Waals surface area (Å²) < 4.78 is 2.61. The lowest BCUT2D eigenvalue weighted by Crippen LogP contribution is -1.88.